The molecule has 254 valence electrons. The minimum absolute atomic E-state index is 0.103. The molecule has 2 rings (SSSR count). The Morgan fingerprint density at radius 3 is 2.30 bits per heavy atom. The van der Waals surface area contributed by atoms with Crippen LogP contribution < -0.4 is 32.3 Å². The summed E-state index contributed by atoms with van der Waals surface area (Å²) in [4.78, 5) is 78.9. The van der Waals surface area contributed by atoms with E-state index in [0.29, 0.717) is 12.8 Å². The number of carbonyl (C=O) groups excluding carboxylic acids is 5. The minimum Gasteiger partial charge on any atom is -0.481 e. The zero-order chi connectivity index (χ0) is 34.4. The van der Waals surface area contributed by atoms with E-state index in [1.54, 1.807) is 0 Å². The van der Waals surface area contributed by atoms with Crippen molar-refractivity contribution >= 4 is 41.3 Å². The van der Waals surface area contributed by atoms with Gasteiger partial charge in [-0.05, 0) is 37.7 Å². The SMILES string of the molecule is CC(CC[C@H]1CC(=O)NCC(=O)N[C@@H](CC(=O)O)C(=O)N[C@H](Cc2ccccc2)CC(=O)N(C)[C@@H](C(C)C)C(=O)CN1)NC(=N)N. The predicted molar refractivity (Wildman–Crippen MR) is 170 cm³/mol. The molecule has 0 spiro atoms. The molecule has 1 unspecified atom stereocenters. The Hall–Kier alpha value is -4.53. The van der Waals surface area contributed by atoms with E-state index < -0.39 is 66.7 Å². The molecule has 1 saturated heterocycles. The number of carbonyl (C=O) groups is 6. The van der Waals surface area contributed by atoms with Crippen molar-refractivity contribution in [3.8, 4) is 0 Å². The first-order valence-electron chi connectivity index (χ1n) is 15.4. The van der Waals surface area contributed by atoms with Gasteiger partial charge in [-0.1, -0.05) is 44.2 Å². The molecular weight excluding hydrogens is 596 g/mol. The Bertz CT molecular complexity index is 1240. The summed E-state index contributed by atoms with van der Waals surface area (Å²) in [5, 5.41) is 30.4. The van der Waals surface area contributed by atoms with E-state index >= 15 is 0 Å². The summed E-state index contributed by atoms with van der Waals surface area (Å²) in [6, 6.07) is 5.33. The number of nitrogens with one attached hydrogen (secondary N) is 6. The summed E-state index contributed by atoms with van der Waals surface area (Å²) in [5.41, 5.74) is 6.24. The zero-order valence-corrected chi connectivity index (χ0v) is 26.9. The fourth-order valence-electron chi connectivity index (χ4n) is 5.44. The third-order valence-corrected chi connectivity index (χ3v) is 7.69. The lowest BCUT2D eigenvalue weighted by molar-refractivity contribution is -0.142. The highest BCUT2D eigenvalue weighted by molar-refractivity contribution is 5.93. The molecule has 0 aromatic heterocycles. The number of hydrogen-bond acceptors (Lipinski definition) is 8. The van der Waals surface area contributed by atoms with Crippen molar-refractivity contribution in [2.45, 2.75) is 89.5 Å². The summed E-state index contributed by atoms with van der Waals surface area (Å²) >= 11 is 0. The average molecular weight is 645 g/mol. The van der Waals surface area contributed by atoms with Gasteiger partial charge in [-0.15, -0.1) is 0 Å². The van der Waals surface area contributed by atoms with Gasteiger partial charge < -0.3 is 42.3 Å². The largest absolute Gasteiger partial charge is 0.481 e. The van der Waals surface area contributed by atoms with Crippen LogP contribution in [0.15, 0.2) is 30.3 Å². The lowest BCUT2D eigenvalue weighted by atomic mass is 9.96. The topological polar surface area (TPSA) is 236 Å². The van der Waals surface area contributed by atoms with Crippen molar-refractivity contribution in [3.05, 3.63) is 35.9 Å². The molecular formula is C31H48N8O7. The van der Waals surface area contributed by atoms with E-state index in [2.05, 4.69) is 26.6 Å². The number of Topliss-reactive ketones (excluding diaryl/α,β-unsaturated/α-hetero) is 1. The molecule has 1 heterocycles. The molecule has 0 saturated carbocycles. The summed E-state index contributed by atoms with van der Waals surface area (Å²) < 4.78 is 0. The first kappa shape index (κ1) is 37.7. The highest BCUT2D eigenvalue weighted by atomic mass is 16.4. The van der Waals surface area contributed by atoms with Gasteiger partial charge >= 0.3 is 5.97 Å². The highest BCUT2D eigenvalue weighted by Crippen LogP contribution is 2.15. The van der Waals surface area contributed by atoms with Gasteiger partial charge in [0, 0.05) is 38.0 Å². The second-order valence-electron chi connectivity index (χ2n) is 12.1. The van der Waals surface area contributed by atoms with Crippen LogP contribution in [0.25, 0.3) is 0 Å². The number of guanidine groups is 1. The number of amides is 4. The van der Waals surface area contributed by atoms with E-state index in [0.717, 1.165) is 5.56 Å². The van der Waals surface area contributed by atoms with Crippen LogP contribution >= 0.6 is 0 Å². The summed E-state index contributed by atoms with van der Waals surface area (Å²) in [7, 11) is 1.53. The van der Waals surface area contributed by atoms with Gasteiger partial charge in [-0.3, -0.25) is 34.2 Å². The van der Waals surface area contributed by atoms with Crippen molar-refractivity contribution in [2.24, 2.45) is 11.7 Å². The average Bonchev–Trinajstić information content (AvgIpc) is 2.96. The quantitative estimate of drug-likeness (QED) is 0.124. The predicted octanol–water partition coefficient (Wildman–Crippen LogP) is -0.755. The van der Waals surface area contributed by atoms with Crippen LogP contribution in [0.3, 0.4) is 0 Å². The molecule has 15 nitrogen and oxygen atoms in total. The lowest BCUT2D eigenvalue weighted by Gasteiger charge is -2.32. The van der Waals surface area contributed by atoms with Crippen LogP contribution in [0.2, 0.25) is 0 Å². The number of likely N-dealkylation sites (N-methyl/N-ethyl adjacent to an activating group) is 1. The first-order valence-corrected chi connectivity index (χ1v) is 15.4. The number of nitrogens with two attached hydrogens (primary N) is 1. The van der Waals surface area contributed by atoms with Gasteiger partial charge in [0.15, 0.2) is 11.7 Å². The van der Waals surface area contributed by atoms with Gasteiger partial charge in [-0.2, -0.15) is 0 Å². The van der Waals surface area contributed by atoms with Crippen molar-refractivity contribution in [1.29, 1.82) is 5.41 Å². The van der Waals surface area contributed by atoms with Crippen molar-refractivity contribution < 1.29 is 33.9 Å². The van der Waals surface area contributed by atoms with Gasteiger partial charge in [0.2, 0.25) is 23.6 Å². The maximum atomic E-state index is 13.6. The standard InChI is InChI=1S/C31H48N8O7/c1-18(2)29-24(40)16-34-21(11-10-19(3)36-31(32)33)13-25(41)35-17-26(42)38-23(15-28(44)45)30(46)37-22(14-27(43)39(29)4)12-20-8-6-5-7-9-20/h5-9,18-19,21-23,29,34H,10-17H2,1-4H3,(H,35,41)(H,37,46)(H,38,42)(H,44,45)(H4,32,33,36)/t19?,21-,22+,23-,29-/m0/s1. The normalized spacial score (nSPS) is 23.4. The zero-order valence-electron chi connectivity index (χ0n) is 26.9. The van der Waals surface area contributed by atoms with Crippen molar-refractivity contribution in [1.82, 2.24) is 31.5 Å². The third kappa shape index (κ3) is 13.2. The van der Waals surface area contributed by atoms with Crippen LogP contribution in [0.4, 0.5) is 0 Å². The molecule has 1 aliphatic heterocycles. The fourth-order valence-corrected chi connectivity index (χ4v) is 5.44. The fraction of sp³-hybridized carbons (Fsp3) is 0.581. The number of rotatable bonds is 9. The number of carboxylic acid groups (broad SMARTS) is 1. The maximum Gasteiger partial charge on any atom is 0.305 e. The second-order valence-corrected chi connectivity index (χ2v) is 12.1. The third-order valence-electron chi connectivity index (χ3n) is 7.69. The molecule has 1 aromatic rings. The molecule has 46 heavy (non-hydrogen) atoms. The van der Waals surface area contributed by atoms with Crippen molar-refractivity contribution in [2.75, 3.05) is 20.1 Å². The van der Waals surface area contributed by atoms with Gasteiger partial charge in [0.05, 0.1) is 25.6 Å². The highest BCUT2D eigenvalue weighted by Gasteiger charge is 2.33. The van der Waals surface area contributed by atoms with E-state index in [9.17, 15) is 33.9 Å². The van der Waals surface area contributed by atoms with E-state index in [1.165, 1.54) is 11.9 Å². The maximum absolute atomic E-state index is 13.6. The molecule has 1 aliphatic rings. The van der Waals surface area contributed by atoms with Crippen LogP contribution in [0.1, 0.15) is 58.4 Å². The number of aliphatic carboxylic acids is 1. The lowest BCUT2D eigenvalue weighted by Crippen LogP contribution is -2.55. The van der Waals surface area contributed by atoms with Crippen LogP contribution in [-0.4, -0.2) is 102 Å². The van der Waals surface area contributed by atoms with E-state index in [4.69, 9.17) is 11.1 Å². The number of hydrogen-bond donors (Lipinski definition) is 8. The number of benzene rings is 1. The molecule has 4 amide bonds. The minimum atomic E-state index is -1.47. The van der Waals surface area contributed by atoms with Crippen LogP contribution in [-0.2, 0) is 35.2 Å². The second kappa shape index (κ2) is 18.4. The Labute approximate surface area is 269 Å². The van der Waals surface area contributed by atoms with E-state index in [-0.39, 0.29) is 49.5 Å². The molecule has 9 N–H and O–H groups in total. The van der Waals surface area contributed by atoms with Gasteiger partial charge in [0.25, 0.3) is 0 Å². The number of ketones is 1. The molecule has 0 bridgehead atoms. The van der Waals surface area contributed by atoms with Crippen LogP contribution in [0, 0.1) is 11.3 Å². The molecule has 1 fully saturated rings. The number of carboxylic acids is 1. The molecule has 5 atom stereocenters. The summed E-state index contributed by atoms with van der Waals surface area (Å²) in [6.45, 7) is 4.82. The monoisotopic (exact) mass is 644 g/mol. The van der Waals surface area contributed by atoms with Crippen LogP contribution in [0.5, 0.6) is 0 Å². The van der Waals surface area contributed by atoms with Crippen molar-refractivity contribution in [3.63, 3.8) is 0 Å². The summed E-state index contributed by atoms with van der Waals surface area (Å²) in [6.07, 6.45) is 0.136. The van der Waals surface area contributed by atoms with Gasteiger partial charge in [0.1, 0.15) is 6.04 Å². The molecule has 0 aliphatic carbocycles. The first-order chi connectivity index (χ1) is 21.7. The van der Waals surface area contributed by atoms with Gasteiger partial charge in [-0.25, -0.2) is 0 Å². The Balaban J connectivity index is 2.40. The summed E-state index contributed by atoms with van der Waals surface area (Å²) in [5.74, 6) is -4.54. The number of nitrogens with zero attached hydrogens (tertiary/aromatic N) is 1. The molecule has 1 aromatic carbocycles. The Morgan fingerprint density at radius 2 is 1.70 bits per heavy atom. The van der Waals surface area contributed by atoms with E-state index in [1.807, 2.05) is 51.1 Å². The molecule has 0 radical (unpaired) electrons. The Kier molecular flexibility index (Phi) is 15.1. The molecule has 15 heteroatoms. The smallest absolute Gasteiger partial charge is 0.305 e. The Morgan fingerprint density at radius 1 is 1.02 bits per heavy atom.